The molecule has 1 aromatic heterocycles. The molecule has 0 aliphatic carbocycles. The van der Waals surface area contributed by atoms with Gasteiger partial charge in [0.15, 0.2) is 0 Å². The van der Waals surface area contributed by atoms with Crippen LogP contribution in [0.4, 0.5) is 4.39 Å². The SMILES string of the molecule is CN(Cc1ccc(Br)cc1)Cc1nnc(C(=O)NCc2ccc(F)cc2)s1. The maximum absolute atomic E-state index is 12.9. The fourth-order valence-corrected chi connectivity index (χ4v) is 3.56. The van der Waals surface area contributed by atoms with Crippen molar-refractivity contribution in [3.05, 3.63) is 80.0 Å². The number of nitrogens with one attached hydrogen (secondary N) is 1. The number of nitrogens with zero attached hydrogens (tertiary/aromatic N) is 3. The van der Waals surface area contributed by atoms with E-state index in [1.165, 1.54) is 29.0 Å². The quantitative estimate of drug-likeness (QED) is 0.593. The first-order valence-corrected chi connectivity index (χ1v) is 9.88. The maximum atomic E-state index is 12.9. The van der Waals surface area contributed by atoms with Crippen molar-refractivity contribution in [3.63, 3.8) is 0 Å². The van der Waals surface area contributed by atoms with Crippen LogP contribution in [-0.2, 0) is 19.6 Å². The standard InChI is InChI=1S/C19H18BrFN4OS/c1-25(11-14-2-6-15(20)7-3-14)12-17-23-24-19(27-17)18(26)22-10-13-4-8-16(21)9-5-13/h2-9H,10-12H2,1H3,(H,22,26). The molecule has 0 saturated carbocycles. The highest BCUT2D eigenvalue weighted by atomic mass is 79.9. The summed E-state index contributed by atoms with van der Waals surface area (Å²) in [7, 11) is 2.00. The Kier molecular flexibility index (Phi) is 6.65. The molecule has 0 aliphatic rings. The second-order valence-corrected chi connectivity index (χ2v) is 8.09. The van der Waals surface area contributed by atoms with Gasteiger partial charge in [0.2, 0.25) is 5.01 Å². The lowest BCUT2D eigenvalue weighted by Gasteiger charge is -2.14. The summed E-state index contributed by atoms with van der Waals surface area (Å²) in [4.78, 5) is 14.3. The van der Waals surface area contributed by atoms with Crippen molar-refractivity contribution < 1.29 is 9.18 Å². The van der Waals surface area contributed by atoms with Gasteiger partial charge in [0.25, 0.3) is 5.91 Å². The average molecular weight is 449 g/mol. The van der Waals surface area contributed by atoms with Gasteiger partial charge in [0, 0.05) is 17.6 Å². The summed E-state index contributed by atoms with van der Waals surface area (Å²) in [6.45, 7) is 1.70. The molecule has 0 fully saturated rings. The average Bonchev–Trinajstić information content (AvgIpc) is 3.11. The minimum Gasteiger partial charge on any atom is -0.346 e. The van der Waals surface area contributed by atoms with Crippen LogP contribution in [0.15, 0.2) is 53.0 Å². The molecule has 3 rings (SSSR count). The zero-order chi connectivity index (χ0) is 19.2. The van der Waals surface area contributed by atoms with Crippen LogP contribution in [0.3, 0.4) is 0 Å². The summed E-state index contributed by atoms with van der Waals surface area (Å²) in [6, 6.07) is 14.2. The van der Waals surface area contributed by atoms with E-state index >= 15 is 0 Å². The molecular formula is C19H18BrFN4OS. The molecule has 0 radical (unpaired) electrons. The van der Waals surface area contributed by atoms with Crippen LogP contribution in [0.2, 0.25) is 0 Å². The van der Waals surface area contributed by atoms with Crippen molar-refractivity contribution in [1.82, 2.24) is 20.4 Å². The van der Waals surface area contributed by atoms with E-state index in [4.69, 9.17) is 0 Å². The first-order valence-electron chi connectivity index (χ1n) is 8.27. The number of aromatic nitrogens is 2. The van der Waals surface area contributed by atoms with E-state index in [-0.39, 0.29) is 11.7 Å². The lowest BCUT2D eigenvalue weighted by molar-refractivity contribution is 0.0950. The van der Waals surface area contributed by atoms with Crippen molar-refractivity contribution in [3.8, 4) is 0 Å². The van der Waals surface area contributed by atoms with E-state index in [0.717, 1.165) is 21.6 Å². The lowest BCUT2D eigenvalue weighted by atomic mass is 10.2. The largest absolute Gasteiger partial charge is 0.346 e. The third-order valence-electron chi connectivity index (χ3n) is 3.80. The van der Waals surface area contributed by atoms with Crippen LogP contribution < -0.4 is 5.32 Å². The summed E-state index contributed by atoms with van der Waals surface area (Å²) in [5.74, 6) is -0.579. The zero-order valence-electron chi connectivity index (χ0n) is 14.7. The van der Waals surface area contributed by atoms with Gasteiger partial charge < -0.3 is 5.32 Å². The first kappa shape index (κ1) is 19.6. The molecule has 3 aromatic rings. The smallest absolute Gasteiger partial charge is 0.282 e. The van der Waals surface area contributed by atoms with Crippen LogP contribution in [0.25, 0.3) is 0 Å². The normalized spacial score (nSPS) is 11.0. The molecular weight excluding hydrogens is 431 g/mol. The Balaban J connectivity index is 1.51. The molecule has 8 heteroatoms. The summed E-state index contributed by atoms with van der Waals surface area (Å²) < 4.78 is 14.0. The highest BCUT2D eigenvalue weighted by molar-refractivity contribution is 9.10. The number of carbonyl (C=O) groups is 1. The van der Waals surface area contributed by atoms with Gasteiger partial charge in [-0.25, -0.2) is 4.39 Å². The van der Waals surface area contributed by atoms with Crippen molar-refractivity contribution in [1.29, 1.82) is 0 Å². The molecule has 1 heterocycles. The molecule has 140 valence electrons. The highest BCUT2D eigenvalue weighted by Crippen LogP contribution is 2.15. The number of carbonyl (C=O) groups excluding carboxylic acids is 1. The predicted molar refractivity (Wildman–Crippen MR) is 107 cm³/mol. The van der Waals surface area contributed by atoms with E-state index in [2.05, 4.69) is 48.5 Å². The van der Waals surface area contributed by atoms with Gasteiger partial charge in [-0.1, -0.05) is 51.5 Å². The Bertz CT molecular complexity index is 899. The van der Waals surface area contributed by atoms with Gasteiger partial charge in [0.1, 0.15) is 10.8 Å². The summed E-state index contributed by atoms with van der Waals surface area (Å²) >= 11 is 4.70. The van der Waals surface area contributed by atoms with Crippen LogP contribution in [-0.4, -0.2) is 28.1 Å². The number of halogens is 2. The number of amides is 1. The molecule has 0 unspecified atom stereocenters. The molecule has 0 atom stereocenters. The summed E-state index contributed by atoms with van der Waals surface area (Å²) in [5.41, 5.74) is 2.02. The molecule has 2 aromatic carbocycles. The Morgan fingerprint density at radius 2 is 1.74 bits per heavy atom. The zero-order valence-corrected chi connectivity index (χ0v) is 17.1. The van der Waals surface area contributed by atoms with Gasteiger partial charge in [-0.05, 0) is 42.4 Å². The minimum atomic E-state index is -0.300. The maximum Gasteiger partial charge on any atom is 0.282 e. The highest BCUT2D eigenvalue weighted by Gasteiger charge is 2.14. The summed E-state index contributed by atoms with van der Waals surface area (Å²) in [6.07, 6.45) is 0. The number of hydrogen-bond acceptors (Lipinski definition) is 5. The Labute approximate surface area is 169 Å². The van der Waals surface area contributed by atoms with Crippen LogP contribution in [0.1, 0.15) is 25.9 Å². The topological polar surface area (TPSA) is 58.1 Å². The van der Waals surface area contributed by atoms with E-state index in [1.54, 1.807) is 12.1 Å². The van der Waals surface area contributed by atoms with Gasteiger partial charge in [-0.3, -0.25) is 9.69 Å². The minimum absolute atomic E-state index is 0.279. The van der Waals surface area contributed by atoms with Crippen molar-refractivity contribution in [2.75, 3.05) is 7.05 Å². The van der Waals surface area contributed by atoms with Crippen molar-refractivity contribution in [2.24, 2.45) is 0 Å². The molecule has 1 amide bonds. The first-order chi connectivity index (χ1) is 13.0. The van der Waals surface area contributed by atoms with Gasteiger partial charge in [-0.15, -0.1) is 10.2 Å². The molecule has 0 bridgehead atoms. The fourth-order valence-electron chi connectivity index (χ4n) is 2.46. The molecule has 1 N–H and O–H groups in total. The predicted octanol–water partition coefficient (Wildman–Crippen LogP) is 4.00. The Morgan fingerprint density at radius 1 is 1.07 bits per heavy atom. The van der Waals surface area contributed by atoms with E-state index in [0.29, 0.717) is 18.1 Å². The molecule has 5 nitrogen and oxygen atoms in total. The monoisotopic (exact) mass is 448 g/mol. The number of benzene rings is 2. The molecule has 0 saturated heterocycles. The molecule has 0 spiro atoms. The van der Waals surface area contributed by atoms with E-state index in [1.807, 2.05) is 19.2 Å². The van der Waals surface area contributed by atoms with Gasteiger partial charge in [-0.2, -0.15) is 0 Å². The number of rotatable bonds is 7. The van der Waals surface area contributed by atoms with Crippen LogP contribution >= 0.6 is 27.3 Å². The Morgan fingerprint density at radius 3 is 2.44 bits per heavy atom. The van der Waals surface area contributed by atoms with Crippen molar-refractivity contribution >= 4 is 33.2 Å². The van der Waals surface area contributed by atoms with E-state index < -0.39 is 0 Å². The third kappa shape index (κ3) is 5.92. The summed E-state index contributed by atoms with van der Waals surface area (Å²) in [5, 5.41) is 12.0. The third-order valence-corrected chi connectivity index (χ3v) is 5.23. The molecule has 27 heavy (non-hydrogen) atoms. The number of hydrogen-bond donors (Lipinski definition) is 1. The second kappa shape index (κ2) is 9.16. The van der Waals surface area contributed by atoms with Gasteiger partial charge >= 0.3 is 0 Å². The Hall–Kier alpha value is -2.16. The van der Waals surface area contributed by atoms with Crippen LogP contribution in [0, 0.1) is 5.82 Å². The van der Waals surface area contributed by atoms with E-state index in [9.17, 15) is 9.18 Å². The van der Waals surface area contributed by atoms with Crippen LogP contribution in [0.5, 0.6) is 0 Å². The second-order valence-electron chi connectivity index (χ2n) is 6.11. The van der Waals surface area contributed by atoms with Gasteiger partial charge in [0.05, 0.1) is 6.54 Å². The van der Waals surface area contributed by atoms with Crippen molar-refractivity contribution in [2.45, 2.75) is 19.6 Å². The molecule has 0 aliphatic heterocycles. The lowest BCUT2D eigenvalue weighted by Crippen LogP contribution is -2.22. The fraction of sp³-hybridized carbons (Fsp3) is 0.211.